The predicted octanol–water partition coefficient (Wildman–Crippen LogP) is 4.33. The lowest BCUT2D eigenvalue weighted by Crippen LogP contribution is -2.43. The van der Waals surface area contributed by atoms with Crippen LogP contribution >= 0.6 is 11.6 Å². The van der Waals surface area contributed by atoms with Crippen LogP contribution in [-0.2, 0) is 9.47 Å². The molecule has 2 saturated carbocycles. The van der Waals surface area contributed by atoms with Gasteiger partial charge in [0.1, 0.15) is 6.10 Å². The van der Waals surface area contributed by atoms with Crippen LogP contribution in [0.4, 0.5) is 4.79 Å². The van der Waals surface area contributed by atoms with Crippen molar-refractivity contribution < 1.29 is 14.3 Å². The molecule has 2 rings (SSSR count). The zero-order valence-electron chi connectivity index (χ0n) is 11.7. The Balaban J connectivity index is 2.02. The largest absolute Gasteiger partial charge is 0.510 e. The maximum absolute atomic E-state index is 11.7. The van der Waals surface area contributed by atoms with Crippen molar-refractivity contribution in [2.45, 2.75) is 65.0 Å². The van der Waals surface area contributed by atoms with E-state index < -0.39 is 11.7 Å². The Morgan fingerprint density at radius 2 is 2.11 bits per heavy atom. The minimum Gasteiger partial charge on any atom is -0.430 e. The topological polar surface area (TPSA) is 35.5 Å². The molecule has 0 heterocycles. The lowest BCUT2D eigenvalue weighted by atomic mass is 9.70. The third-order valence-electron chi connectivity index (χ3n) is 4.90. The van der Waals surface area contributed by atoms with Crippen LogP contribution in [0.5, 0.6) is 0 Å². The van der Waals surface area contributed by atoms with Gasteiger partial charge in [0.05, 0.1) is 0 Å². The molecular weight excluding hydrogens is 252 g/mol. The van der Waals surface area contributed by atoms with Gasteiger partial charge in [-0.25, -0.2) is 4.79 Å². The van der Waals surface area contributed by atoms with Crippen molar-refractivity contribution in [2.75, 3.05) is 0 Å². The number of halogens is 1. The molecule has 0 aliphatic heterocycles. The summed E-state index contributed by atoms with van der Waals surface area (Å²) in [4.78, 5) is 11.7. The van der Waals surface area contributed by atoms with Crippen LogP contribution < -0.4 is 0 Å². The Bertz CT molecular complexity index is 337. The molecule has 18 heavy (non-hydrogen) atoms. The smallest absolute Gasteiger partial charge is 0.430 e. The molecule has 0 saturated heterocycles. The highest BCUT2D eigenvalue weighted by Crippen LogP contribution is 2.63. The van der Waals surface area contributed by atoms with E-state index in [-0.39, 0.29) is 16.9 Å². The number of alkyl halides is 1. The zero-order chi connectivity index (χ0) is 13.6. The van der Waals surface area contributed by atoms with Gasteiger partial charge in [0.2, 0.25) is 0 Å². The van der Waals surface area contributed by atoms with Gasteiger partial charge in [0.25, 0.3) is 0 Å². The zero-order valence-corrected chi connectivity index (χ0v) is 12.4. The third-order valence-corrected chi connectivity index (χ3v) is 5.29. The highest BCUT2D eigenvalue weighted by molar-refractivity contribution is 6.20. The molecule has 104 valence electrons. The Hall–Kier alpha value is -0.440. The van der Waals surface area contributed by atoms with Crippen molar-refractivity contribution in [3.63, 3.8) is 0 Å². The summed E-state index contributed by atoms with van der Waals surface area (Å²) >= 11 is 5.81. The van der Waals surface area contributed by atoms with Gasteiger partial charge < -0.3 is 9.47 Å². The second-order valence-corrected chi connectivity index (χ2v) is 7.09. The van der Waals surface area contributed by atoms with E-state index in [0.29, 0.717) is 12.3 Å². The van der Waals surface area contributed by atoms with Crippen LogP contribution in [0.3, 0.4) is 0 Å². The molecule has 4 atom stereocenters. The number of carbonyl (C=O) groups excluding carboxylic acids is 1. The Morgan fingerprint density at radius 3 is 2.61 bits per heavy atom. The van der Waals surface area contributed by atoms with Crippen molar-refractivity contribution in [1.82, 2.24) is 0 Å². The summed E-state index contributed by atoms with van der Waals surface area (Å²) in [5.74, 6) is 0.651. The molecule has 0 spiro atoms. The van der Waals surface area contributed by atoms with E-state index in [4.69, 9.17) is 21.1 Å². The SMILES string of the molecule is CCC(Cl)OC(=O)O[C@H]1C(C)(C)[C@H]2CC[C@]1(C)C2. The molecule has 0 amide bonds. The molecule has 2 bridgehead atoms. The summed E-state index contributed by atoms with van der Waals surface area (Å²) in [6, 6.07) is 0. The number of hydrogen-bond donors (Lipinski definition) is 0. The molecule has 2 fully saturated rings. The molecule has 0 aromatic heterocycles. The van der Waals surface area contributed by atoms with E-state index >= 15 is 0 Å². The molecule has 0 aromatic rings. The molecule has 0 N–H and O–H groups in total. The first kappa shape index (κ1) is 14.0. The van der Waals surface area contributed by atoms with E-state index in [1.165, 1.54) is 6.42 Å². The highest BCUT2D eigenvalue weighted by atomic mass is 35.5. The number of carbonyl (C=O) groups is 1. The van der Waals surface area contributed by atoms with Gasteiger partial charge in [0, 0.05) is 10.8 Å². The second kappa shape index (κ2) is 4.59. The molecule has 2 aliphatic rings. The van der Waals surface area contributed by atoms with E-state index in [1.807, 2.05) is 6.92 Å². The fraction of sp³-hybridized carbons (Fsp3) is 0.929. The minimum absolute atomic E-state index is 0.0417. The van der Waals surface area contributed by atoms with Gasteiger partial charge in [0.15, 0.2) is 5.56 Å². The molecular formula is C14H23ClO3. The number of ether oxygens (including phenoxy) is 2. The van der Waals surface area contributed by atoms with Crippen LogP contribution in [0.1, 0.15) is 53.4 Å². The van der Waals surface area contributed by atoms with Crippen LogP contribution in [0.15, 0.2) is 0 Å². The third kappa shape index (κ3) is 2.22. The fourth-order valence-electron chi connectivity index (χ4n) is 3.86. The van der Waals surface area contributed by atoms with E-state index in [9.17, 15) is 4.79 Å². The number of rotatable bonds is 3. The molecule has 0 radical (unpaired) electrons. The summed E-state index contributed by atoms with van der Waals surface area (Å²) in [5.41, 5.74) is -0.437. The Kier molecular flexibility index (Phi) is 3.56. The van der Waals surface area contributed by atoms with Crippen molar-refractivity contribution in [2.24, 2.45) is 16.7 Å². The van der Waals surface area contributed by atoms with Crippen molar-refractivity contribution in [3.8, 4) is 0 Å². The van der Waals surface area contributed by atoms with Crippen LogP contribution in [0.25, 0.3) is 0 Å². The average molecular weight is 275 g/mol. The van der Waals surface area contributed by atoms with E-state index in [2.05, 4.69) is 20.8 Å². The summed E-state index contributed by atoms with van der Waals surface area (Å²) in [6.07, 6.45) is 3.43. The molecule has 4 heteroatoms. The van der Waals surface area contributed by atoms with E-state index in [1.54, 1.807) is 0 Å². The predicted molar refractivity (Wildman–Crippen MR) is 70.5 cm³/mol. The van der Waals surface area contributed by atoms with Gasteiger partial charge in [-0.2, -0.15) is 0 Å². The fourth-order valence-corrected chi connectivity index (χ4v) is 3.93. The quantitative estimate of drug-likeness (QED) is 0.568. The second-order valence-electron chi connectivity index (χ2n) is 6.60. The van der Waals surface area contributed by atoms with E-state index in [0.717, 1.165) is 12.8 Å². The van der Waals surface area contributed by atoms with Gasteiger partial charge in [-0.3, -0.25) is 0 Å². The standard InChI is InChI=1S/C14H23ClO3/c1-5-10(15)17-12(16)18-11-13(2,3)9-6-7-14(11,4)8-9/h9-11H,5-8H2,1-4H3/t9-,10?,11-,14+/m0/s1. The first-order valence-corrected chi connectivity index (χ1v) is 7.24. The lowest BCUT2D eigenvalue weighted by molar-refractivity contribution is -0.0757. The number of hydrogen-bond acceptors (Lipinski definition) is 3. The van der Waals surface area contributed by atoms with Gasteiger partial charge in [-0.15, -0.1) is 0 Å². The number of fused-ring (bicyclic) bond motifs is 2. The molecule has 3 nitrogen and oxygen atoms in total. The molecule has 0 aromatic carbocycles. The summed E-state index contributed by atoms with van der Waals surface area (Å²) in [6.45, 7) is 8.47. The maximum atomic E-state index is 11.7. The normalized spacial score (nSPS) is 38.5. The lowest BCUT2D eigenvalue weighted by Gasteiger charge is -2.41. The Morgan fingerprint density at radius 1 is 1.44 bits per heavy atom. The van der Waals surface area contributed by atoms with Crippen LogP contribution in [0.2, 0.25) is 0 Å². The first-order valence-electron chi connectivity index (χ1n) is 6.81. The van der Waals surface area contributed by atoms with Crippen molar-refractivity contribution in [1.29, 1.82) is 0 Å². The minimum atomic E-state index is -0.622. The summed E-state index contributed by atoms with van der Waals surface area (Å²) in [5, 5.41) is 0. The van der Waals surface area contributed by atoms with Crippen LogP contribution in [-0.4, -0.2) is 17.8 Å². The summed E-state index contributed by atoms with van der Waals surface area (Å²) in [7, 11) is 0. The van der Waals surface area contributed by atoms with Gasteiger partial charge in [-0.05, 0) is 31.6 Å². The molecule has 1 unspecified atom stereocenters. The average Bonchev–Trinajstić information content (AvgIpc) is 2.75. The van der Waals surface area contributed by atoms with Crippen LogP contribution in [0, 0.1) is 16.7 Å². The maximum Gasteiger partial charge on any atom is 0.510 e. The van der Waals surface area contributed by atoms with Crippen molar-refractivity contribution in [3.05, 3.63) is 0 Å². The highest BCUT2D eigenvalue weighted by Gasteiger charge is 2.61. The van der Waals surface area contributed by atoms with Gasteiger partial charge >= 0.3 is 6.16 Å². The molecule has 2 aliphatic carbocycles. The monoisotopic (exact) mass is 274 g/mol. The van der Waals surface area contributed by atoms with Gasteiger partial charge in [-0.1, -0.05) is 39.3 Å². The first-order chi connectivity index (χ1) is 8.29. The Labute approximate surface area is 114 Å². The van der Waals surface area contributed by atoms with Crippen molar-refractivity contribution >= 4 is 17.8 Å². The summed E-state index contributed by atoms with van der Waals surface area (Å²) < 4.78 is 10.6.